The summed E-state index contributed by atoms with van der Waals surface area (Å²) in [6.07, 6.45) is 1.02. The molecule has 1 unspecified atom stereocenters. The molecule has 0 spiro atoms. The summed E-state index contributed by atoms with van der Waals surface area (Å²) in [5.41, 5.74) is 1.11. The van der Waals surface area contributed by atoms with Crippen LogP contribution in [0.4, 0.5) is 5.82 Å². The van der Waals surface area contributed by atoms with Crippen molar-refractivity contribution in [3.63, 3.8) is 0 Å². The molecule has 2 heterocycles. The lowest BCUT2D eigenvalue weighted by molar-refractivity contribution is 0.0697. The lowest BCUT2D eigenvalue weighted by Gasteiger charge is -2.19. The number of anilines is 1. The van der Waals surface area contributed by atoms with Crippen molar-refractivity contribution in [3.05, 3.63) is 23.4 Å². The molecular weight excluding hydrogens is 232 g/mol. The Morgan fingerprint density at radius 2 is 2.39 bits per heavy atom. The van der Waals surface area contributed by atoms with Gasteiger partial charge in [0.05, 0.1) is 6.61 Å². The number of hydrogen-bond acceptors (Lipinski definition) is 4. The predicted octanol–water partition coefficient (Wildman–Crippen LogP) is 1.56. The lowest BCUT2D eigenvalue weighted by atomic mass is 10.1. The number of methoxy groups -OCH3 is 1. The summed E-state index contributed by atoms with van der Waals surface area (Å²) >= 11 is 0. The fourth-order valence-electron chi connectivity index (χ4n) is 2.35. The van der Waals surface area contributed by atoms with Gasteiger partial charge < -0.3 is 14.7 Å². The molecular formula is C13H18N2O3. The van der Waals surface area contributed by atoms with Gasteiger partial charge in [0.15, 0.2) is 0 Å². The molecule has 1 aliphatic rings. The van der Waals surface area contributed by atoms with Gasteiger partial charge in [-0.2, -0.15) is 0 Å². The van der Waals surface area contributed by atoms with Gasteiger partial charge in [0.1, 0.15) is 11.4 Å². The zero-order chi connectivity index (χ0) is 13.1. The first kappa shape index (κ1) is 12.8. The molecule has 0 aliphatic carbocycles. The number of aromatic nitrogens is 1. The van der Waals surface area contributed by atoms with E-state index in [1.54, 1.807) is 19.2 Å². The number of pyridine rings is 1. The van der Waals surface area contributed by atoms with Crippen LogP contribution in [-0.2, 0) is 4.74 Å². The molecule has 1 atom stereocenters. The lowest BCUT2D eigenvalue weighted by Crippen LogP contribution is -2.24. The van der Waals surface area contributed by atoms with E-state index in [4.69, 9.17) is 4.74 Å². The van der Waals surface area contributed by atoms with Crippen molar-refractivity contribution in [2.75, 3.05) is 31.7 Å². The predicted molar refractivity (Wildman–Crippen MR) is 68.1 cm³/mol. The van der Waals surface area contributed by atoms with Gasteiger partial charge in [-0.05, 0) is 25.5 Å². The summed E-state index contributed by atoms with van der Waals surface area (Å²) < 4.78 is 5.15. The van der Waals surface area contributed by atoms with E-state index in [2.05, 4.69) is 4.98 Å². The van der Waals surface area contributed by atoms with Crippen LogP contribution in [-0.4, -0.2) is 42.9 Å². The number of carboxylic acid groups (broad SMARTS) is 1. The molecule has 1 N–H and O–H groups in total. The quantitative estimate of drug-likeness (QED) is 0.878. The number of rotatable bonds is 4. The molecule has 1 aromatic rings. The second kappa shape index (κ2) is 5.35. The van der Waals surface area contributed by atoms with Crippen molar-refractivity contribution >= 4 is 11.8 Å². The Balaban J connectivity index is 2.23. The first-order valence-corrected chi connectivity index (χ1v) is 6.06. The van der Waals surface area contributed by atoms with E-state index >= 15 is 0 Å². The summed E-state index contributed by atoms with van der Waals surface area (Å²) in [6, 6.07) is 3.36. The largest absolute Gasteiger partial charge is 0.478 e. The first-order chi connectivity index (χ1) is 8.61. The molecule has 1 saturated heterocycles. The Kier molecular flexibility index (Phi) is 3.81. The topological polar surface area (TPSA) is 62.7 Å². The Hall–Kier alpha value is -1.62. The third kappa shape index (κ3) is 2.61. The second-order valence-corrected chi connectivity index (χ2v) is 4.69. The number of hydrogen-bond donors (Lipinski definition) is 1. The normalized spacial score (nSPS) is 19.2. The molecule has 5 nitrogen and oxygen atoms in total. The molecule has 0 bridgehead atoms. The van der Waals surface area contributed by atoms with E-state index in [1.807, 2.05) is 11.8 Å². The zero-order valence-electron chi connectivity index (χ0n) is 10.7. The number of aryl methyl sites for hydroxylation is 1. The molecule has 18 heavy (non-hydrogen) atoms. The van der Waals surface area contributed by atoms with Crippen molar-refractivity contribution in [1.82, 2.24) is 4.98 Å². The monoisotopic (exact) mass is 250 g/mol. The minimum Gasteiger partial charge on any atom is -0.478 e. The molecule has 2 rings (SSSR count). The SMILES string of the molecule is COCC1CCN(c2nc(C)ccc2C(=O)O)C1. The van der Waals surface area contributed by atoms with Crippen LogP contribution in [0.5, 0.6) is 0 Å². The van der Waals surface area contributed by atoms with Crippen LogP contribution in [0, 0.1) is 12.8 Å². The average Bonchev–Trinajstić information content (AvgIpc) is 2.77. The minimum atomic E-state index is -0.923. The molecule has 1 aromatic heterocycles. The van der Waals surface area contributed by atoms with Crippen molar-refractivity contribution in [2.24, 2.45) is 5.92 Å². The highest BCUT2D eigenvalue weighted by Crippen LogP contribution is 2.25. The van der Waals surface area contributed by atoms with Crippen LogP contribution in [0.3, 0.4) is 0 Å². The second-order valence-electron chi connectivity index (χ2n) is 4.69. The molecule has 1 fully saturated rings. The van der Waals surface area contributed by atoms with E-state index < -0.39 is 5.97 Å². The van der Waals surface area contributed by atoms with E-state index in [-0.39, 0.29) is 5.56 Å². The van der Waals surface area contributed by atoms with Crippen LogP contribution in [0.25, 0.3) is 0 Å². The van der Waals surface area contributed by atoms with Crippen molar-refractivity contribution in [2.45, 2.75) is 13.3 Å². The van der Waals surface area contributed by atoms with Crippen molar-refractivity contribution in [3.8, 4) is 0 Å². The smallest absolute Gasteiger partial charge is 0.339 e. The molecule has 1 aliphatic heterocycles. The first-order valence-electron chi connectivity index (χ1n) is 6.06. The fourth-order valence-corrected chi connectivity index (χ4v) is 2.35. The highest BCUT2D eigenvalue weighted by atomic mass is 16.5. The molecule has 98 valence electrons. The summed E-state index contributed by atoms with van der Waals surface area (Å²) in [6.45, 7) is 4.23. The minimum absolute atomic E-state index is 0.277. The van der Waals surface area contributed by atoms with Crippen LogP contribution < -0.4 is 4.90 Å². The molecule has 0 radical (unpaired) electrons. The molecule has 0 saturated carbocycles. The summed E-state index contributed by atoms with van der Waals surface area (Å²) in [5, 5.41) is 9.19. The van der Waals surface area contributed by atoms with Gasteiger partial charge in [0, 0.05) is 31.8 Å². The van der Waals surface area contributed by atoms with Crippen LogP contribution in [0.2, 0.25) is 0 Å². The van der Waals surface area contributed by atoms with Crippen molar-refractivity contribution < 1.29 is 14.6 Å². The average molecular weight is 250 g/mol. The Morgan fingerprint density at radius 3 is 3.06 bits per heavy atom. The van der Waals surface area contributed by atoms with Gasteiger partial charge in [0.25, 0.3) is 0 Å². The Bertz CT molecular complexity index is 448. The number of carbonyl (C=O) groups is 1. The van der Waals surface area contributed by atoms with E-state index in [9.17, 15) is 9.90 Å². The van der Waals surface area contributed by atoms with Crippen LogP contribution in [0.15, 0.2) is 12.1 Å². The van der Waals surface area contributed by atoms with Gasteiger partial charge >= 0.3 is 5.97 Å². The summed E-state index contributed by atoms with van der Waals surface area (Å²) in [5.74, 6) is 0.118. The van der Waals surface area contributed by atoms with Crippen LogP contribution >= 0.6 is 0 Å². The summed E-state index contributed by atoms with van der Waals surface area (Å²) in [7, 11) is 1.69. The maximum Gasteiger partial charge on any atom is 0.339 e. The Labute approximate surface area is 106 Å². The third-order valence-electron chi connectivity index (χ3n) is 3.23. The van der Waals surface area contributed by atoms with Gasteiger partial charge in [-0.3, -0.25) is 0 Å². The van der Waals surface area contributed by atoms with E-state index in [0.717, 1.165) is 25.2 Å². The Morgan fingerprint density at radius 1 is 1.61 bits per heavy atom. The number of nitrogens with zero attached hydrogens (tertiary/aromatic N) is 2. The highest BCUT2D eigenvalue weighted by molar-refractivity contribution is 5.93. The molecule has 5 heteroatoms. The number of ether oxygens (including phenoxy) is 1. The zero-order valence-corrected chi connectivity index (χ0v) is 10.7. The van der Waals surface area contributed by atoms with Crippen molar-refractivity contribution in [1.29, 1.82) is 0 Å². The molecule has 0 amide bonds. The fraction of sp³-hybridized carbons (Fsp3) is 0.538. The van der Waals surface area contributed by atoms with E-state index in [0.29, 0.717) is 18.3 Å². The maximum atomic E-state index is 11.2. The van der Waals surface area contributed by atoms with Gasteiger partial charge in [-0.1, -0.05) is 0 Å². The maximum absolute atomic E-state index is 11.2. The standard InChI is InChI=1S/C13H18N2O3/c1-9-3-4-11(13(16)17)12(14-9)15-6-5-10(7-15)8-18-2/h3-4,10H,5-8H2,1-2H3,(H,16,17). The molecule has 0 aromatic carbocycles. The number of aromatic carboxylic acids is 1. The summed E-state index contributed by atoms with van der Waals surface area (Å²) in [4.78, 5) is 17.6. The van der Waals surface area contributed by atoms with Crippen LogP contribution in [0.1, 0.15) is 22.5 Å². The number of carboxylic acids is 1. The van der Waals surface area contributed by atoms with Gasteiger partial charge in [-0.25, -0.2) is 9.78 Å². The van der Waals surface area contributed by atoms with E-state index in [1.165, 1.54) is 0 Å². The van der Waals surface area contributed by atoms with Gasteiger partial charge in [-0.15, -0.1) is 0 Å². The third-order valence-corrected chi connectivity index (χ3v) is 3.23. The van der Waals surface area contributed by atoms with Gasteiger partial charge in [0.2, 0.25) is 0 Å². The highest BCUT2D eigenvalue weighted by Gasteiger charge is 2.26.